The van der Waals surface area contributed by atoms with E-state index in [-0.39, 0.29) is 41.0 Å². The van der Waals surface area contributed by atoms with Crippen LogP contribution in [-0.2, 0) is 35.8 Å². The van der Waals surface area contributed by atoms with Crippen LogP contribution in [0.5, 0.6) is 0 Å². The third-order valence-corrected chi connectivity index (χ3v) is 4.92. The summed E-state index contributed by atoms with van der Waals surface area (Å²) < 4.78 is 33.6. The molecule has 0 radical (unpaired) electrons. The van der Waals surface area contributed by atoms with Crippen molar-refractivity contribution in [2.75, 3.05) is 0 Å². The third-order valence-electron chi connectivity index (χ3n) is 3.13. The molecule has 1 aromatic rings. The minimum absolute atomic E-state index is 0. The Morgan fingerprint density at radius 1 is 1.29 bits per heavy atom. The van der Waals surface area contributed by atoms with Crippen LogP contribution in [0.3, 0.4) is 0 Å². The SMILES string of the molecule is O=C(CCc1ccc([124I])cc1)ON1C(=O)CC(S(=O)(=O)[O-])C1=O.[Na+]. The number of carbonyl (C=O) groups is 3. The molecule has 8 nitrogen and oxygen atoms in total. The summed E-state index contributed by atoms with van der Waals surface area (Å²) in [4.78, 5) is 39.5. The Balaban J connectivity index is 0.00000288. The Kier molecular flexibility index (Phi) is 7.81. The third kappa shape index (κ3) is 5.49. The monoisotopic (exact) mass is 472 g/mol. The fourth-order valence-electron chi connectivity index (χ4n) is 1.95. The topological polar surface area (TPSA) is 121 Å². The van der Waals surface area contributed by atoms with Gasteiger partial charge in [-0.15, -0.1) is 5.06 Å². The van der Waals surface area contributed by atoms with Gasteiger partial charge in [0.15, 0.2) is 0 Å². The maximum absolute atomic E-state index is 11.7. The van der Waals surface area contributed by atoms with Gasteiger partial charge in [-0.3, -0.25) is 9.59 Å². The van der Waals surface area contributed by atoms with Crippen molar-refractivity contribution >= 4 is 50.5 Å². The average molecular weight is 472 g/mol. The first-order chi connectivity index (χ1) is 10.7. The number of hydroxylamine groups is 2. The number of aryl methyl sites for hydroxylation is 1. The zero-order valence-electron chi connectivity index (χ0n) is 12.6. The van der Waals surface area contributed by atoms with Gasteiger partial charge in [0.25, 0.3) is 11.8 Å². The molecule has 1 aliphatic heterocycles. The first-order valence-corrected chi connectivity index (χ1v) is 9.00. The molecule has 1 fully saturated rings. The molecular weight excluding hydrogens is 461 g/mol. The van der Waals surface area contributed by atoms with E-state index in [1.807, 2.05) is 24.3 Å². The molecule has 0 spiro atoms. The molecule has 1 saturated heterocycles. The van der Waals surface area contributed by atoms with Crippen LogP contribution >= 0.6 is 22.6 Å². The van der Waals surface area contributed by atoms with Crippen molar-refractivity contribution in [1.82, 2.24) is 5.06 Å². The quantitative estimate of drug-likeness (QED) is 0.199. The van der Waals surface area contributed by atoms with Crippen molar-refractivity contribution in [3.05, 3.63) is 33.4 Å². The summed E-state index contributed by atoms with van der Waals surface area (Å²) >= 11 is 2.14. The molecule has 0 bridgehead atoms. The number of rotatable bonds is 5. The predicted octanol–water partition coefficient (Wildman–Crippen LogP) is -2.64. The van der Waals surface area contributed by atoms with E-state index in [0.29, 0.717) is 6.42 Å². The van der Waals surface area contributed by atoms with Gasteiger partial charge >= 0.3 is 35.5 Å². The molecule has 0 saturated carbocycles. The van der Waals surface area contributed by atoms with Gasteiger partial charge in [-0.1, -0.05) is 12.1 Å². The molecule has 24 heavy (non-hydrogen) atoms. The molecule has 11 heteroatoms. The van der Waals surface area contributed by atoms with Gasteiger partial charge in [-0.25, -0.2) is 13.2 Å². The number of hydrogen-bond donors (Lipinski definition) is 0. The van der Waals surface area contributed by atoms with Crippen LogP contribution in [0.25, 0.3) is 0 Å². The van der Waals surface area contributed by atoms with Crippen molar-refractivity contribution < 1.29 is 61.7 Å². The second kappa shape index (κ2) is 8.72. The number of amides is 2. The van der Waals surface area contributed by atoms with Crippen molar-refractivity contribution in [2.24, 2.45) is 0 Å². The fraction of sp³-hybridized carbons (Fsp3) is 0.308. The van der Waals surface area contributed by atoms with Crippen molar-refractivity contribution in [3.8, 4) is 0 Å². The van der Waals surface area contributed by atoms with Gasteiger partial charge in [-0.2, -0.15) is 0 Å². The first kappa shape index (κ1) is 21.5. The molecule has 1 aromatic carbocycles. The molecule has 2 rings (SSSR count). The van der Waals surface area contributed by atoms with Gasteiger partial charge < -0.3 is 9.39 Å². The predicted molar refractivity (Wildman–Crippen MR) is 83.5 cm³/mol. The normalized spacial score (nSPS) is 17.6. The molecular formula is C13H11INNaO7S. The summed E-state index contributed by atoms with van der Waals surface area (Å²) in [5.41, 5.74) is 0.862. The summed E-state index contributed by atoms with van der Waals surface area (Å²) in [6.45, 7) is 0. The Hall–Kier alpha value is -0.530. The first-order valence-electron chi connectivity index (χ1n) is 6.45. The molecule has 0 aliphatic carbocycles. The Morgan fingerprint density at radius 2 is 1.88 bits per heavy atom. The van der Waals surface area contributed by atoms with Crippen LogP contribution in [0.15, 0.2) is 24.3 Å². The van der Waals surface area contributed by atoms with E-state index in [4.69, 9.17) is 0 Å². The summed E-state index contributed by atoms with van der Waals surface area (Å²) in [5.74, 6) is -3.22. The van der Waals surface area contributed by atoms with Crippen molar-refractivity contribution in [1.29, 1.82) is 0 Å². The number of benzene rings is 1. The van der Waals surface area contributed by atoms with Crippen LogP contribution in [0, 0.1) is 3.57 Å². The van der Waals surface area contributed by atoms with Gasteiger partial charge in [0.2, 0.25) is 0 Å². The van der Waals surface area contributed by atoms with E-state index in [9.17, 15) is 27.4 Å². The molecule has 0 N–H and O–H groups in total. The maximum atomic E-state index is 11.7. The van der Waals surface area contributed by atoms with E-state index >= 15 is 0 Å². The second-order valence-corrected chi connectivity index (χ2v) is 7.60. The summed E-state index contributed by atoms with van der Waals surface area (Å²) in [5, 5.41) is -1.96. The largest absolute Gasteiger partial charge is 1.00 e. The van der Waals surface area contributed by atoms with Crippen LogP contribution in [0.1, 0.15) is 18.4 Å². The zero-order valence-corrected chi connectivity index (χ0v) is 17.6. The second-order valence-electron chi connectivity index (χ2n) is 4.80. The molecule has 1 aliphatic rings. The average Bonchev–Trinajstić information content (AvgIpc) is 2.75. The Morgan fingerprint density at radius 3 is 2.38 bits per heavy atom. The molecule has 124 valence electrons. The van der Waals surface area contributed by atoms with E-state index < -0.39 is 39.6 Å². The summed E-state index contributed by atoms with van der Waals surface area (Å²) in [6.07, 6.45) is -0.587. The molecule has 1 unspecified atom stereocenters. The molecule has 0 aromatic heterocycles. The summed E-state index contributed by atoms with van der Waals surface area (Å²) in [6, 6.07) is 7.36. The molecule has 1 heterocycles. The van der Waals surface area contributed by atoms with Gasteiger partial charge in [0.05, 0.1) is 12.8 Å². The van der Waals surface area contributed by atoms with Crippen LogP contribution < -0.4 is 29.6 Å². The van der Waals surface area contributed by atoms with Crippen molar-refractivity contribution in [2.45, 2.75) is 24.5 Å². The van der Waals surface area contributed by atoms with Gasteiger partial charge in [0.1, 0.15) is 15.4 Å². The standard InChI is InChI=1S/C13H12INO7S.Na/c14-9-4-1-8(2-5-9)3-6-12(17)22-15-11(16)7-10(13(15)18)23(19,20)21;/h1-2,4-5,10H,3,6-7H2,(H,19,20,21);/q;+1/p-1/i14-3;. The van der Waals surface area contributed by atoms with Crippen LogP contribution in [0.4, 0.5) is 0 Å². The number of imide groups is 1. The van der Waals surface area contributed by atoms with Gasteiger partial charge in [-0.05, 0) is 46.7 Å². The molecule has 1 atom stereocenters. The smallest absolute Gasteiger partial charge is 0.747 e. The molecule has 2 amide bonds. The number of nitrogens with zero attached hydrogens (tertiary/aromatic N) is 1. The maximum Gasteiger partial charge on any atom is 1.00 e. The minimum Gasteiger partial charge on any atom is -0.747 e. The van der Waals surface area contributed by atoms with Gasteiger partial charge in [0, 0.05) is 3.57 Å². The zero-order chi connectivity index (χ0) is 17.2. The van der Waals surface area contributed by atoms with Crippen molar-refractivity contribution in [3.63, 3.8) is 0 Å². The van der Waals surface area contributed by atoms with E-state index in [1.54, 1.807) is 0 Å². The minimum atomic E-state index is -4.97. The van der Waals surface area contributed by atoms with E-state index in [2.05, 4.69) is 27.4 Å². The van der Waals surface area contributed by atoms with Crippen LogP contribution in [0.2, 0.25) is 0 Å². The van der Waals surface area contributed by atoms with E-state index in [0.717, 1.165) is 9.13 Å². The Bertz CT molecular complexity index is 750. The number of hydrogen-bond acceptors (Lipinski definition) is 7. The Labute approximate surface area is 174 Å². The fourth-order valence-corrected chi connectivity index (χ4v) is 3.00. The van der Waals surface area contributed by atoms with Crippen LogP contribution in [-0.4, -0.2) is 41.1 Å². The number of halogens is 1. The summed E-state index contributed by atoms with van der Waals surface area (Å²) in [7, 11) is -4.97. The van der Waals surface area contributed by atoms with E-state index in [1.165, 1.54) is 0 Å². The number of carbonyl (C=O) groups excluding carboxylic acids is 3.